The van der Waals surface area contributed by atoms with Crippen LogP contribution in [0.2, 0.25) is 0 Å². The van der Waals surface area contributed by atoms with E-state index in [1.54, 1.807) is 0 Å². The average Bonchev–Trinajstić information content (AvgIpc) is 2.43. The smallest absolute Gasteiger partial charge is 0.0493 e. The third-order valence-corrected chi connectivity index (χ3v) is 8.20. The summed E-state index contributed by atoms with van der Waals surface area (Å²) in [6.07, 6.45) is 8.07. The van der Waals surface area contributed by atoms with Crippen LogP contribution in [0.25, 0.3) is 0 Å². The van der Waals surface area contributed by atoms with Gasteiger partial charge in [0.05, 0.1) is 0 Å². The minimum atomic E-state index is 0.284. The van der Waals surface area contributed by atoms with Crippen LogP contribution >= 0.6 is 0 Å². The lowest BCUT2D eigenvalue weighted by atomic mass is 9.27. The van der Waals surface area contributed by atoms with Crippen molar-refractivity contribution in [3.05, 3.63) is 0 Å². The van der Waals surface area contributed by atoms with Crippen molar-refractivity contribution >= 4 is 0 Å². The van der Waals surface area contributed by atoms with Gasteiger partial charge < -0.3 is 10.2 Å². The number of hydrogen-bond donors (Lipinski definition) is 2. The molecule has 0 aromatic rings. The molecule has 0 aromatic heterocycles. The first-order valence-corrected chi connectivity index (χ1v) is 7.95. The van der Waals surface area contributed by atoms with E-state index in [0.717, 1.165) is 35.5 Å². The number of aliphatic hydroxyl groups excluding tert-OH is 2. The molecule has 7 saturated carbocycles. The number of hydrogen-bond acceptors (Lipinski definition) is 2. The maximum atomic E-state index is 10.1. The lowest BCUT2D eigenvalue weighted by Crippen LogP contribution is -2.73. The Hall–Kier alpha value is -0.0800. The second-order valence-corrected chi connectivity index (χ2v) is 8.29. The third-order valence-electron chi connectivity index (χ3n) is 8.20. The predicted octanol–water partition coefficient (Wildman–Crippen LogP) is 2.05. The number of aliphatic hydroxyl groups is 2. The molecule has 0 saturated heterocycles. The molecule has 2 nitrogen and oxygen atoms in total. The number of rotatable bonds is 2. The summed E-state index contributed by atoms with van der Waals surface area (Å²) < 4.78 is 0. The largest absolute Gasteiger partial charge is 0.396 e. The average molecular weight is 248 g/mol. The Labute approximate surface area is 109 Å². The van der Waals surface area contributed by atoms with Gasteiger partial charge in [0.1, 0.15) is 0 Å². The maximum Gasteiger partial charge on any atom is 0.0493 e. The van der Waals surface area contributed by atoms with Crippen molar-refractivity contribution in [2.24, 2.45) is 46.3 Å². The molecule has 2 N–H and O–H groups in total. The first-order valence-electron chi connectivity index (χ1n) is 7.95. The van der Waals surface area contributed by atoms with Crippen LogP contribution in [0.1, 0.15) is 38.5 Å². The van der Waals surface area contributed by atoms with Crippen molar-refractivity contribution in [3.8, 4) is 0 Å². The highest BCUT2D eigenvalue weighted by Gasteiger charge is 2.74. The predicted molar refractivity (Wildman–Crippen MR) is 67.7 cm³/mol. The highest BCUT2D eigenvalue weighted by Crippen LogP contribution is 2.79. The Morgan fingerprint density at radius 2 is 1.00 bits per heavy atom. The molecule has 7 fully saturated rings. The summed E-state index contributed by atoms with van der Waals surface area (Å²) in [5.41, 5.74) is 0.568. The van der Waals surface area contributed by atoms with E-state index in [-0.39, 0.29) is 10.8 Å². The summed E-state index contributed by atoms with van der Waals surface area (Å²) in [5.74, 6) is 4.74. The molecule has 100 valence electrons. The zero-order valence-corrected chi connectivity index (χ0v) is 11.0. The molecule has 4 atom stereocenters. The van der Waals surface area contributed by atoms with E-state index in [1.807, 2.05) is 0 Å². The Bertz CT molecular complexity index is 342. The maximum absolute atomic E-state index is 10.1. The summed E-state index contributed by atoms with van der Waals surface area (Å²) in [4.78, 5) is 0. The van der Waals surface area contributed by atoms with Crippen LogP contribution in [0.5, 0.6) is 0 Å². The van der Waals surface area contributed by atoms with E-state index in [1.165, 1.54) is 38.5 Å². The van der Waals surface area contributed by atoms with Gasteiger partial charge in [0.25, 0.3) is 0 Å². The fourth-order valence-corrected chi connectivity index (χ4v) is 7.99. The molecule has 0 aromatic carbocycles. The summed E-state index contributed by atoms with van der Waals surface area (Å²) in [7, 11) is 0. The third kappa shape index (κ3) is 0.867. The van der Waals surface area contributed by atoms with Gasteiger partial charge in [-0.15, -0.1) is 0 Å². The standard InChI is InChI=1S/C16H24O2/c17-7-15-6-10-3-12-11(15)1-9-2-13(15)14(4-10)16(12,5-9)8-18/h9-14,17-18H,1-8H2. The Morgan fingerprint density at radius 1 is 0.667 bits per heavy atom. The topological polar surface area (TPSA) is 40.5 Å². The van der Waals surface area contributed by atoms with Crippen molar-refractivity contribution in [1.29, 1.82) is 0 Å². The van der Waals surface area contributed by atoms with Crippen molar-refractivity contribution in [1.82, 2.24) is 0 Å². The molecule has 18 heavy (non-hydrogen) atoms. The summed E-state index contributed by atoms with van der Waals surface area (Å²) in [6, 6.07) is 0. The molecular weight excluding hydrogens is 224 g/mol. The van der Waals surface area contributed by atoms with Gasteiger partial charge in [-0.05, 0) is 84.9 Å². The Kier molecular flexibility index (Phi) is 1.77. The molecule has 0 radical (unpaired) electrons. The second-order valence-electron chi connectivity index (χ2n) is 8.29. The SMILES string of the molecule is OCC12CC3CC4C1CC1CC2C(C3)C4(CO)C1. The van der Waals surface area contributed by atoms with Gasteiger partial charge in [-0.2, -0.15) is 0 Å². The highest BCUT2D eigenvalue weighted by molar-refractivity contribution is 5.22. The molecule has 0 aliphatic heterocycles. The molecule has 7 rings (SSSR count). The zero-order chi connectivity index (χ0) is 12.1. The quantitative estimate of drug-likeness (QED) is 0.785. The Balaban J connectivity index is 1.72. The van der Waals surface area contributed by atoms with Gasteiger partial charge in [0.15, 0.2) is 0 Å². The van der Waals surface area contributed by atoms with Crippen molar-refractivity contribution in [2.75, 3.05) is 13.2 Å². The molecule has 0 spiro atoms. The van der Waals surface area contributed by atoms with Crippen molar-refractivity contribution in [3.63, 3.8) is 0 Å². The molecule has 2 heteroatoms. The van der Waals surface area contributed by atoms with E-state index >= 15 is 0 Å². The van der Waals surface area contributed by atoms with E-state index in [4.69, 9.17) is 0 Å². The fraction of sp³-hybridized carbons (Fsp3) is 1.00. The first kappa shape index (κ1) is 10.7. The van der Waals surface area contributed by atoms with Crippen molar-refractivity contribution < 1.29 is 10.2 Å². The molecule has 4 unspecified atom stereocenters. The second kappa shape index (κ2) is 2.98. The summed E-state index contributed by atoms with van der Waals surface area (Å²) >= 11 is 0. The fourth-order valence-electron chi connectivity index (χ4n) is 7.99. The lowest BCUT2D eigenvalue weighted by Gasteiger charge is -2.78. The van der Waals surface area contributed by atoms with Gasteiger partial charge in [-0.25, -0.2) is 0 Å². The van der Waals surface area contributed by atoms with Crippen LogP contribution in [0.4, 0.5) is 0 Å². The zero-order valence-electron chi connectivity index (χ0n) is 11.0. The monoisotopic (exact) mass is 248 g/mol. The molecule has 0 amide bonds. The molecule has 0 heterocycles. The van der Waals surface area contributed by atoms with Gasteiger partial charge >= 0.3 is 0 Å². The van der Waals surface area contributed by atoms with E-state index < -0.39 is 0 Å². The van der Waals surface area contributed by atoms with E-state index in [2.05, 4.69) is 0 Å². The van der Waals surface area contributed by atoms with Gasteiger partial charge in [0.2, 0.25) is 0 Å². The molecule has 8 bridgehead atoms. The lowest BCUT2D eigenvalue weighted by molar-refractivity contribution is -0.312. The normalized spacial score (nSPS) is 67.0. The van der Waals surface area contributed by atoms with Gasteiger partial charge in [-0.3, -0.25) is 0 Å². The molecular formula is C16H24O2. The summed E-state index contributed by atoms with van der Waals surface area (Å²) in [6.45, 7) is 0.861. The van der Waals surface area contributed by atoms with Crippen molar-refractivity contribution in [2.45, 2.75) is 38.5 Å². The minimum Gasteiger partial charge on any atom is -0.396 e. The van der Waals surface area contributed by atoms with Crippen LogP contribution in [0, 0.1) is 46.3 Å². The first-order chi connectivity index (χ1) is 8.73. The summed E-state index contributed by atoms with van der Waals surface area (Å²) in [5, 5.41) is 20.3. The van der Waals surface area contributed by atoms with Crippen LogP contribution in [0.3, 0.4) is 0 Å². The molecule has 7 aliphatic rings. The van der Waals surface area contributed by atoms with E-state index in [0.29, 0.717) is 13.2 Å². The minimum absolute atomic E-state index is 0.284. The highest BCUT2D eigenvalue weighted by atomic mass is 16.3. The van der Waals surface area contributed by atoms with Gasteiger partial charge in [-0.1, -0.05) is 0 Å². The Morgan fingerprint density at radius 3 is 1.28 bits per heavy atom. The molecule has 7 aliphatic carbocycles. The van der Waals surface area contributed by atoms with Gasteiger partial charge in [0, 0.05) is 13.2 Å². The van der Waals surface area contributed by atoms with Crippen LogP contribution in [-0.2, 0) is 0 Å². The van der Waals surface area contributed by atoms with Crippen LogP contribution in [-0.4, -0.2) is 23.4 Å². The van der Waals surface area contributed by atoms with Crippen LogP contribution < -0.4 is 0 Å². The van der Waals surface area contributed by atoms with E-state index in [9.17, 15) is 10.2 Å². The van der Waals surface area contributed by atoms with Crippen LogP contribution in [0.15, 0.2) is 0 Å².